The molecule has 0 saturated carbocycles. The largest absolute Gasteiger partial charge is 0.550 e. The van der Waals surface area contributed by atoms with Crippen LogP contribution in [0.1, 0.15) is 23.2 Å². The van der Waals surface area contributed by atoms with Crippen molar-refractivity contribution >= 4 is 5.97 Å². The van der Waals surface area contributed by atoms with Gasteiger partial charge in [-0.1, -0.05) is 6.07 Å². The highest BCUT2D eigenvalue weighted by Crippen LogP contribution is 2.28. The van der Waals surface area contributed by atoms with E-state index in [2.05, 4.69) is 6.07 Å². The molecule has 0 saturated heterocycles. The fourth-order valence-electron chi connectivity index (χ4n) is 2.92. The van der Waals surface area contributed by atoms with Crippen LogP contribution in [0.2, 0.25) is 0 Å². The Kier molecular flexibility index (Phi) is 4.70. The highest BCUT2D eigenvalue weighted by Gasteiger charge is 2.13. The molecular formula is C21H19FNO2-. The van der Waals surface area contributed by atoms with E-state index in [0.717, 1.165) is 28.2 Å². The number of nitrogens with zero attached hydrogens (tertiary/aromatic N) is 1. The van der Waals surface area contributed by atoms with Crippen molar-refractivity contribution in [1.82, 2.24) is 4.57 Å². The predicted molar refractivity (Wildman–Crippen MR) is 94.0 cm³/mol. The molecule has 0 N–H and O–H groups in total. The van der Waals surface area contributed by atoms with Gasteiger partial charge in [0.25, 0.3) is 0 Å². The Morgan fingerprint density at radius 1 is 1.00 bits per heavy atom. The van der Waals surface area contributed by atoms with Crippen LogP contribution < -0.4 is 5.11 Å². The molecule has 4 heteroatoms. The first-order valence-corrected chi connectivity index (χ1v) is 8.20. The molecular weight excluding hydrogens is 317 g/mol. The molecule has 0 radical (unpaired) electrons. The van der Waals surface area contributed by atoms with E-state index in [1.54, 1.807) is 12.1 Å². The lowest BCUT2D eigenvalue weighted by Gasteiger charge is -2.16. The maximum atomic E-state index is 13.3. The number of aromatic nitrogens is 1. The molecule has 1 aromatic heterocycles. The minimum Gasteiger partial charge on any atom is -0.550 e. The van der Waals surface area contributed by atoms with Gasteiger partial charge in [0.15, 0.2) is 0 Å². The number of hydrogen-bond acceptors (Lipinski definition) is 2. The zero-order valence-electron chi connectivity index (χ0n) is 14.3. The monoisotopic (exact) mass is 336 g/mol. The number of benzene rings is 2. The maximum Gasteiger partial charge on any atom is 0.123 e. The third kappa shape index (κ3) is 3.63. The Morgan fingerprint density at radius 2 is 1.72 bits per heavy atom. The molecule has 25 heavy (non-hydrogen) atoms. The topological polar surface area (TPSA) is 45.1 Å². The number of carboxylic acids is 1. The van der Waals surface area contributed by atoms with Gasteiger partial charge in [-0.15, -0.1) is 0 Å². The fourth-order valence-corrected chi connectivity index (χ4v) is 2.92. The van der Waals surface area contributed by atoms with Crippen molar-refractivity contribution < 1.29 is 14.3 Å². The molecule has 3 nitrogen and oxygen atoms in total. The smallest absolute Gasteiger partial charge is 0.123 e. The van der Waals surface area contributed by atoms with Gasteiger partial charge in [0.1, 0.15) is 5.82 Å². The molecule has 0 unspecified atom stereocenters. The standard InChI is InChI=1S/C21H20FNO2/c1-14-3-8-19(13-15(14)2)23-18(10-12-21(24)25)9-11-20(23)16-4-6-17(22)7-5-16/h3-9,11,13H,10,12H2,1-2H3,(H,24,25)/p-1. The summed E-state index contributed by atoms with van der Waals surface area (Å²) in [6.07, 6.45) is 0.328. The van der Waals surface area contributed by atoms with Gasteiger partial charge in [-0.05, 0) is 91.9 Å². The van der Waals surface area contributed by atoms with Crippen molar-refractivity contribution in [1.29, 1.82) is 0 Å². The van der Waals surface area contributed by atoms with Crippen LogP contribution >= 0.6 is 0 Å². The number of carboxylic acid groups (broad SMARTS) is 1. The predicted octanol–water partition coefficient (Wildman–Crippen LogP) is 3.58. The second-order valence-electron chi connectivity index (χ2n) is 6.19. The van der Waals surface area contributed by atoms with Crippen LogP contribution in [0.5, 0.6) is 0 Å². The van der Waals surface area contributed by atoms with Gasteiger partial charge in [-0.3, -0.25) is 0 Å². The molecule has 128 valence electrons. The average molecular weight is 336 g/mol. The quantitative estimate of drug-likeness (QED) is 0.715. The summed E-state index contributed by atoms with van der Waals surface area (Å²) in [5.41, 5.74) is 5.96. The van der Waals surface area contributed by atoms with Crippen LogP contribution in [-0.4, -0.2) is 10.5 Å². The molecule has 3 aromatic rings. The van der Waals surface area contributed by atoms with E-state index in [1.807, 2.05) is 42.7 Å². The second-order valence-corrected chi connectivity index (χ2v) is 6.19. The molecule has 0 spiro atoms. The number of rotatable bonds is 5. The van der Waals surface area contributed by atoms with Crippen molar-refractivity contribution in [3.63, 3.8) is 0 Å². The third-order valence-corrected chi connectivity index (χ3v) is 4.44. The minimum absolute atomic E-state index is 0.0439. The SMILES string of the molecule is Cc1ccc(-n2c(CCC(=O)[O-])ccc2-c2ccc(F)cc2)cc1C. The van der Waals surface area contributed by atoms with Crippen molar-refractivity contribution in [2.24, 2.45) is 0 Å². The Balaban J connectivity index is 2.13. The molecule has 0 amide bonds. The zero-order chi connectivity index (χ0) is 18.0. The highest BCUT2D eigenvalue weighted by molar-refractivity contribution is 5.66. The van der Waals surface area contributed by atoms with Crippen LogP contribution in [0.15, 0.2) is 54.6 Å². The van der Waals surface area contributed by atoms with Gasteiger partial charge in [0.2, 0.25) is 0 Å². The van der Waals surface area contributed by atoms with Gasteiger partial charge >= 0.3 is 0 Å². The number of aliphatic carboxylic acids is 1. The van der Waals surface area contributed by atoms with E-state index in [-0.39, 0.29) is 12.2 Å². The van der Waals surface area contributed by atoms with Gasteiger partial charge in [0, 0.05) is 17.4 Å². The fraction of sp³-hybridized carbons (Fsp3) is 0.190. The molecule has 0 bridgehead atoms. The first-order valence-electron chi connectivity index (χ1n) is 8.20. The number of halogens is 1. The first-order chi connectivity index (χ1) is 12.0. The normalized spacial score (nSPS) is 10.8. The summed E-state index contributed by atoms with van der Waals surface area (Å²) in [6.45, 7) is 4.09. The lowest BCUT2D eigenvalue weighted by atomic mass is 10.1. The van der Waals surface area contributed by atoms with E-state index in [0.29, 0.717) is 6.42 Å². The lowest BCUT2D eigenvalue weighted by molar-refractivity contribution is -0.305. The molecule has 0 aliphatic rings. The number of carbonyl (C=O) groups is 1. The summed E-state index contributed by atoms with van der Waals surface area (Å²) < 4.78 is 15.3. The zero-order valence-corrected chi connectivity index (χ0v) is 14.3. The van der Waals surface area contributed by atoms with Gasteiger partial charge in [-0.2, -0.15) is 0 Å². The summed E-state index contributed by atoms with van der Waals surface area (Å²) in [7, 11) is 0. The molecule has 2 aromatic carbocycles. The second kappa shape index (κ2) is 6.93. The molecule has 1 heterocycles. The van der Waals surface area contributed by atoms with Gasteiger partial charge < -0.3 is 14.5 Å². The summed E-state index contributed by atoms with van der Waals surface area (Å²) in [6, 6.07) is 16.3. The number of hydrogen-bond donors (Lipinski definition) is 0. The first kappa shape index (κ1) is 17.0. The van der Waals surface area contributed by atoms with Crippen molar-refractivity contribution in [3.05, 3.63) is 77.2 Å². The highest BCUT2D eigenvalue weighted by atomic mass is 19.1. The molecule has 0 aliphatic carbocycles. The van der Waals surface area contributed by atoms with E-state index >= 15 is 0 Å². The van der Waals surface area contributed by atoms with Gasteiger partial charge in [0.05, 0.1) is 5.69 Å². The lowest BCUT2D eigenvalue weighted by Crippen LogP contribution is -2.22. The van der Waals surface area contributed by atoms with Crippen molar-refractivity contribution in [3.8, 4) is 16.9 Å². The van der Waals surface area contributed by atoms with E-state index in [1.165, 1.54) is 17.7 Å². The Hall–Kier alpha value is -2.88. The maximum absolute atomic E-state index is 13.3. The third-order valence-electron chi connectivity index (χ3n) is 4.44. The molecule has 0 aliphatic heterocycles. The van der Waals surface area contributed by atoms with Crippen LogP contribution in [0, 0.1) is 19.7 Å². The average Bonchev–Trinajstić information content (AvgIpc) is 3.00. The van der Waals surface area contributed by atoms with E-state index < -0.39 is 5.97 Å². The molecule has 3 rings (SSSR count). The summed E-state index contributed by atoms with van der Waals surface area (Å²) >= 11 is 0. The van der Waals surface area contributed by atoms with Crippen LogP contribution in [0.3, 0.4) is 0 Å². The Morgan fingerprint density at radius 3 is 2.36 bits per heavy atom. The minimum atomic E-state index is -1.07. The van der Waals surface area contributed by atoms with E-state index in [9.17, 15) is 14.3 Å². The van der Waals surface area contributed by atoms with Gasteiger partial charge in [-0.25, -0.2) is 4.39 Å². The summed E-state index contributed by atoms with van der Waals surface area (Å²) in [4.78, 5) is 10.9. The summed E-state index contributed by atoms with van der Waals surface area (Å²) in [5, 5.41) is 10.9. The summed E-state index contributed by atoms with van der Waals surface area (Å²) in [5.74, 6) is -1.36. The Bertz CT molecular complexity index is 910. The van der Waals surface area contributed by atoms with E-state index in [4.69, 9.17) is 0 Å². The number of carbonyl (C=O) groups excluding carboxylic acids is 1. The van der Waals surface area contributed by atoms with Crippen molar-refractivity contribution in [2.75, 3.05) is 0 Å². The molecule has 0 fully saturated rings. The van der Waals surface area contributed by atoms with Crippen LogP contribution in [0.25, 0.3) is 16.9 Å². The van der Waals surface area contributed by atoms with Crippen LogP contribution in [-0.2, 0) is 11.2 Å². The van der Waals surface area contributed by atoms with Crippen molar-refractivity contribution in [2.45, 2.75) is 26.7 Å². The number of aryl methyl sites for hydroxylation is 3. The van der Waals surface area contributed by atoms with Crippen LogP contribution in [0.4, 0.5) is 4.39 Å². The Labute approximate surface area is 146 Å². The molecule has 0 atom stereocenters.